The van der Waals surface area contributed by atoms with E-state index in [0.717, 1.165) is 12.1 Å². The predicted octanol–water partition coefficient (Wildman–Crippen LogP) is 2.55. The average Bonchev–Trinajstić information content (AvgIpc) is 2.04. The van der Waals surface area contributed by atoms with Crippen molar-refractivity contribution in [2.45, 2.75) is 11.9 Å². The lowest BCUT2D eigenvalue weighted by molar-refractivity contribution is -0.140. The molecular formula is C9H7F4O2S. The summed E-state index contributed by atoms with van der Waals surface area (Å²) in [5.74, 6) is -2.43. The normalized spacial score (nSPS) is 12.8. The fraction of sp³-hybridized carbons (Fsp3) is 0.222. The van der Waals surface area contributed by atoms with Crippen LogP contribution in [0.2, 0.25) is 0 Å². The maximum Gasteiger partial charge on any atom is 0.419 e. The molecule has 89 valence electrons. The maximum absolute atomic E-state index is 13.3. The highest BCUT2D eigenvalue weighted by Gasteiger charge is 2.35. The molecule has 0 saturated heterocycles. The zero-order chi connectivity index (χ0) is 12.6. The van der Waals surface area contributed by atoms with E-state index in [2.05, 4.69) is 6.26 Å². The third kappa shape index (κ3) is 3.19. The first kappa shape index (κ1) is 13.0. The first-order chi connectivity index (χ1) is 7.11. The first-order valence-electron chi connectivity index (χ1n) is 4.01. The largest absolute Gasteiger partial charge is 0.419 e. The summed E-state index contributed by atoms with van der Waals surface area (Å²) >= 11 is 0. The molecule has 1 rings (SSSR count). The highest BCUT2D eigenvalue weighted by molar-refractivity contribution is 7.91. The van der Waals surface area contributed by atoms with Crippen molar-refractivity contribution in [3.8, 4) is 0 Å². The van der Waals surface area contributed by atoms with E-state index in [4.69, 9.17) is 0 Å². The Kier molecular flexibility index (Phi) is 3.27. The fourth-order valence-electron chi connectivity index (χ4n) is 1.15. The monoisotopic (exact) mass is 255 g/mol. The number of benzene rings is 1. The molecule has 0 bridgehead atoms. The molecule has 0 aliphatic carbocycles. The Morgan fingerprint density at radius 2 is 1.81 bits per heavy atom. The van der Waals surface area contributed by atoms with Gasteiger partial charge in [-0.25, -0.2) is 12.8 Å². The summed E-state index contributed by atoms with van der Waals surface area (Å²) in [7, 11) is -3.82. The van der Waals surface area contributed by atoms with Crippen LogP contribution >= 0.6 is 0 Å². The Bertz CT molecular complexity index is 491. The minimum atomic E-state index is -4.84. The van der Waals surface area contributed by atoms with E-state index in [0.29, 0.717) is 6.07 Å². The third-order valence-corrected chi connectivity index (χ3v) is 2.51. The molecule has 1 radical (unpaired) electrons. The topological polar surface area (TPSA) is 34.1 Å². The molecule has 0 fully saturated rings. The van der Waals surface area contributed by atoms with Crippen LogP contribution < -0.4 is 0 Å². The van der Waals surface area contributed by atoms with Crippen molar-refractivity contribution in [3.63, 3.8) is 0 Å². The second-order valence-corrected chi connectivity index (χ2v) is 4.94. The molecule has 7 heteroatoms. The van der Waals surface area contributed by atoms with Crippen LogP contribution in [0.15, 0.2) is 18.2 Å². The number of halogens is 4. The molecule has 0 saturated carbocycles. The molecule has 16 heavy (non-hydrogen) atoms. The molecular weight excluding hydrogens is 248 g/mol. The molecule has 1 aromatic carbocycles. The van der Waals surface area contributed by atoms with Crippen LogP contribution in [0.5, 0.6) is 0 Å². The van der Waals surface area contributed by atoms with Gasteiger partial charge in [-0.3, -0.25) is 0 Å². The maximum atomic E-state index is 13.3. The SMILES string of the molecule is [CH2]S(=O)(=O)Cc1cccc(C(F)(F)F)c1F. The Labute approximate surface area is 89.8 Å². The summed E-state index contributed by atoms with van der Waals surface area (Å²) in [4.78, 5) is 0. The molecule has 0 unspecified atom stereocenters. The zero-order valence-electron chi connectivity index (χ0n) is 7.88. The van der Waals surface area contributed by atoms with Crippen LogP contribution in [-0.2, 0) is 21.8 Å². The van der Waals surface area contributed by atoms with Gasteiger partial charge in [0.15, 0.2) is 9.84 Å². The number of sulfone groups is 1. The summed E-state index contributed by atoms with van der Waals surface area (Å²) in [5, 5.41) is 0. The average molecular weight is 255 g/mol. The highest BCUT2D eigenvalue weighted by atomic mass is 32.2. The van der Waals surface area contributed by atoms with Gasteiger partial charge in [-0.05, 0) is 6.07 Å². The van der Waals surface area contributed by atoms with Crippen LogP contribution in [-0.4, -0.2) is 8.42 Å². The van der Waals surface area contributed by atoms with E-state index in [1.54, 1.807) is 0 Å². The zero-order valence-corrected chi connectivity index (χ0v) is 8.70. The standard InChI is InChI=1S/C9H7F4O2S/c1-16(14,15)5-6-3-2-4-7(8(6)10)9(11,12)13/h2-4H,1,5H2. The molecule has 2 nitrogen and oxygen atoms in total. The summed E-state index contributed by atoms with van der Waals surface area (Å²) in [6, 6.07) is 2.48. The second-order valence-electron chi connectivity index (χ2n) is 3.16. The molecule has 0 aliphatic rings. The van der Waals surface area contributed by atoms with Gasteiger partial charge < -0.3 is 0 Å². The van der Waals surface area contributed by atoms with Crippen molar-refractivity contribution in [1.82, 2.24) is 0 Å². The van der Waals surface area contributed by atoms with E-state index >= 15 is 0 Å². The third-order valence-electron chi connectivity index (χ3n) is 1.76. The van der Waals surface area contributed by atoms with Crippen LogP contribution in [0.25, 0.3) is 0 Å². The van der Waals surface area contributed by atoms with Gasteiger partial charge in [0.1, 0.15) is 5.82 Å². The smallest absolute Gasteiger partial charge is 0.228 e. The van der Waals surface area contributed by atoms with E-state index in [1.807, 2.05) is 0 Å². The van der Waals surface area contributed by atoms with Crippen LogP contribution in [0.3, 0.4) is 0 Å². The van der Waals surface area contributed by atoms with Crippen molar-refractivity contribution in [1.29, 1.82) is 0 Å². The Morgan fingerprint density at radius 1 is 1.25 bits per heavy atom. The molecule has 0 heterocycles. The van der Waals surface area contributed by atoms with Crippen LogP contribution in [0.1, 0.15) is 11.1 Å². The summed E-state index contributed by atoms with van der Waals surface area (Å²) < 4.78 is 71.6. The lowest BCUT2D eigenvalue weighted by Gasteiger charge is -2.10. The molecule has 1 aromatic rings. The fourth-order valence-corrected chi connectivity index (χ4v) is 1.84. The van der Waals surface area contributed by atoms with Gasteiger partial charge in [0.05, 0.1) is 17.6 Å². The summed E-state index contributed by atoms with van der Waals surface area (Å²) in [6.45, 7) is 0. The molecule has 0 spiro atoms. The van der Waals surface area contributed by atoms with Gasteiger partial charge in [0.2, 0.25) is 0 Å². The molecule has 0 atom stereocenters. The van der Waals surface area contributed by atoms with Gasteiger partial charge >= 0.3 is 6.18 Å². The Hall–Kier alpha value is -1.11. The van der Waals surface area contributed by atoms with Crippen molar-refractivity contribution in [3.05, 3.63) is 41.4 Å². The quantitative estimate of drug-likeness (QED) is 0.761. The molecule has 0 aromatic heterocycles. The number of hydrogen-bond acceptors (Lipinski definition) is 2. The second kappa shape index (κ2) is 4.04. The van der Waals surface area contributed by atoms with Crippen LogP contribution in [0, 0.1) is 12.1 Å². The summed E-state index contributed by atoms with van der Waals surface area (Å²) in [6.07, 6.45) is -2.12. The molecule has 0 N–H and O–H groups in total. The predicted molar refractivity (Wildman–Crippen MR) is 49.4 cm³/mol. The highest BCUT2D eigenvalue weighted by Crippen LogP contribution is 2.32. The number of hydrogen-bond donors (Lipinski definition) is 0. The van der Waals surface area contributed by atoms with E-state index in [9.17, 15) is 26.0 Å². The summed E-state index contributed by atoms with van der Waals surface area (Å²) in [5.41, 5.74) is -2.02. The van der Waals surface area contributed by atoms with Gasteiger partial charge in [-0.2, -0.15) is 13.2 Å². The van der Waals surface area contributed by atoms with E-state index in [1.165, 1.54) is 0 Å². The van der Waals surface area contributed by atoms with Gasteiger partial charge in [0.25, 0.3) is 0 Å². The molecule has 0 aliphatic heterocycles. The van der Waals surface area contributed by atoms with Crippen molar-refractivity contribution in [2.75, 3.05) is 0 Å². The first-order valence-corrected chi connectivity index (χ1v) is 5.84. The van der Waals surface area contributed by atoms with Crippen molar-refractivity contribution in [2.24, 2.45) is 0 Å². The minimum absolute atomic E-state index is 0.537. The molecule has 0 amide bonds. The van der Waals surface area contributed by atoms with Gasteiger partial charge in [-0.1, -0.05) is 12.1 Å². The number of rotatable bonds is 2. The minimum Gasteiger partial charge on any atom is -0.228 e. The lowest BCUT2D eigenvalue weighted by atomic mass is 10.1. The van der Waals surface area contributed by atoms with E-state index < -0.39 is 38.7 Å². The Morgan fingerprint density at radius 3 is 2.25 bits per heavy atom. The van der Waals surface area contributed by atoms with Gasteiger partial charge in [-0.15, -0.1) is 0 Å². The number of alkyl halides is 3. The lowest BCUT2D eigenvalue weighted by Crippen LogP contribution is -2.11. The van der Waals surface area contributed by atoms with Gasteiger partial charge in [0, 0.05) is 5.56 Å². The van der Waals surface area contributed by atoms with Crippen LogP contribution in [0.4, 0.5) is 17.6 Å². The van der Waals surface area contributed by atoms with Crippen molar-refractivity contribution < 1.29 is 26.0 Å². The van der Waals surface area contributed by atoms with Crippen molar-refractivity contribution >= 4 is 9.84 Å². The Balaban J connectivity index is 3.25. The van der Waals surface area contributed by atoms with E-state index in [-0.39, 0.29) is 0 Å².